The molecule has 4 rings (SSSR count). The Hall–Kier alpha value is -2.73. The predicted octanol–water partition coefficient (Wildman–Crippen LogP) is 4.38. The highest BCUT2D eigenvalue weighted by atomic mass is 19.1. The van der Waals surface area contributed by atoms with Crippen LogP contribution in [0.15, 0.2) is 42.6 Å². The highest BCUT2D eigenvalue weighted by Gasteiger charge is 2.37. The fourth-order valence-electron chi connectivity index (χ4n) is 4.49. The van der Waals surface area contributed by atoms with Crippen molar-refractivity contribution in [1.29, 1.82) is 0 Å². The molecular weight excluding hydrogens is 393 g/mol. The van der Waals surface area contributed by atoms with Gasteiger partial charge in [0.1, 0.15) is 22.9 Å². The van der Waals surface area contributed by atoms with Gasteiger partial charge < -0.3 is 14.5 Å². The van der Waals surface area contributed by atoms with Crippen molar-refractivity contribution in [3.05, 3.63) is 65.2 Å². The SMILES string of the molecule is CCN(CC)C(=O)c1ccc(C2=CC3(CCCN(C)CC3)Oc3ccc(F)cc32)cn1. The van der Waals surface area contributed by atoms with Crippen molar-refractivity contribution in [3.63, 3.8) is 0 Å². The molecule has 1 unspecified atom stereocenters. The molecular formula is C25H30FN3O2. The lowest BCUT2D eigenvalue weighted by Crippen LogP contribution is -2.37. The molecule has 1 amide bonds. The van der Waals surface area contributed by atoms with E-state index in [4.69, 9.17) is 4.74 Å². The van der Waals surface area contributed by atoms with Crippen LogP contribution in [-0.4, -0.2) is 59.5 Å². The van der Waals surface area contributed by atoms with Crippen LogP contribution in [0.25, 0.3) is 5.57 Å². The largest absolute Gasteiger partial charge is 0.482 e. The minimum atomic E-state index is -0.416. The van der Waals surface area contributed by atoms with Gasteiger partial charge in [0.15, 0.2) is 0 Å². The third kappa shape index (κ3) is 4.35. The van der Waals surface area contributed by atoms with Gasteiger partial charge >= 0.3 is 0 Å². The predicted molar refractivity (Wildman–Crippen MR) is 120 cm³/mol. The van der Waals surface area contributed by atoms with Crippen LogP contribution < -0.4 is 4.74 Å². The van der Waals surface area contributed by atoms with Crippen LogP contribution in [0.2, 0.25) is 0 Å². The van der Waals surface area contributed by atoms with Gasteiger partial charge in [-0.1, -0.05) is 6.07 Å². The molecule has 0 saturated carbocycles. The Kier molecular flexibility index (Phi) is 6.10. The maximum Gasteiger partial charge on any atom is 0.272 e. The molecule has 31 heavy (non-hydrogen) atoms. The van der Waals surface area contributed by atoms with Gasteiger partial charge in [0.25, 0.3) is 5.91 Å². The summed E-state index contributed by atoms with van der Waals surface area (Å²) < 4.78 is 20.6. The topological polar surface area (TPSA) is 45.7 Å². The molecule has 6 heteroatoms. The standard InChI is InChI=1S/C25H30FN3O2/c1-4-29(5-2)24(30)22-9-7-18(17-27-22)21-16-25(11-6-13-28(3)14-12-25)31-23-10-8-19(26)15-20(21)23/h7-10,15-17H,4-6,11-14H2,1-3H3. The zero-order valence-electron chi connectivity index (χ0n) is 18.5. The van der Waals surface area contributed by atoms with Crippen LogP contribution in [0.5, 0.6) is 5.75 Å². The molecule has 1 spiro atoms. The molecule has 1 aromatic heterocycles. The van der Waals surface area contributed by atoms with E-state index in [1.165, 1.54) is 12.1 Å². The quantitative estimate of drug-likeness (QED) is 0.732. The maximum atomic E-state index is 14.1. The van der Waals surface area contributed by atoms with E-state index in [1.807, 2.05) is 19.9 Å². The number of aromatic nitrogens is 1. The Morgan fingerprint density at radius 3 is 2.71 bits per heavy atom. The van der Waals surface area contributed by atoms with Crippen molar-refractivity contribution in [1.82, 2.24) is 14.8 Å². The van der Waals surface area contributed by atoms with Crippen molar-refractivity contribution in [2.75, 3.05) is 33.2 Å². The Balaban J connectivity index is 1.73. The number of ether oxygens (including phenoxy) is 1. The van der Waals surface area contributed by atoms with Gasteiger partial charge in [-0.3, -0.25) is 9.78 Å². The summed E-state index contributed by atoms with van der Waals surface area (Å²) in [7, 11) is 2.13. The second-order valence-electron chi connectivity index (χ2n) is 8.43. The number of likely N-dealkylation sites (tertiary alicyclic amines) is 1. The lowest BCUT2D eigenvalue weighted by molar-refractivity contribution is 0.0767. The molecule has 2 aliphatic rings. The molecule has 2 aromatic rings. The maximum absolute atomic E-state index is 14.1. The van der Waals surface area contributed by atoms with Gasteiger partial charge in [-0.25, -0.2) is 4.39 Å². The second kappa shape index (κ2) is 8.79. The van der Waals surface area contributed by atoms with Crippen molar-refractivity contribution >= 4 is 11.5 Å². The molecule has 0 radical (unpaired) electrons. The first-order valence-electron chi connectivity index (χ1n) is 11.1. The number of fused-ring (bicyclic) bond motifs is 1. The zero-order valence-corrected chi connectivity index (χ0v) is 18.5. The molecule has 0 aliphatic carbocycles. The van der Waals surface area contributed by atoms with Crippen LogP contribution >= 0.6 is 0 Å². The summed E-state index contributed by atoms with van der Waals surface area (Å²) in [6, 6.07) is 8.36. The van der Waals surface area contributed by atoms with Crippen LogP contribution in [0.1, 0.15) is 54.7 Å². The highest BCUT2D eigenvalue weighted by molar-refractivity contribution is 5.93. The summed E-state index contributed by atoms with van der Waals surface area (Å²) in [5.74, 6) is 0.324. The highest BCUT2D eigenvalue weighted by Crippen LogP contribution is 2.43. The lowest BCUT2D eigenvalue weighted by Gasteiger charge is -2.36. The number of halogens is 1. The summed E-state index contributed by atoms with van der Waals surface area (Å²) in [6.07, 6.45) is 6.68. The van der Waals surface area contributed by atoms with E-state index in [9.17, 15) is 9.18 Å². The summed E-state index contributed by atoms with van der Waals surface area (Å²) in [6.45, 7) is 7.18. The number of carbonyl (C=O) groups is 1. The molecule has 1 fully saturated rings. The van der Waals surface area contributed by atoms with Crippen molar-refractivity contribution in [2.45, 2.75) is 38.7 Å². The second-order valence-corrected chi connectivity index (χ2v) is 8.43. The summed E-state index contributed by atoms with van der Waals surface area (Å²) >= 11 is 0. The summed E-state index contributed by atoms with van der Waals surface area (Å²) in [5, 5.41) is 0. The van der Waals surface area contributed by atoms with Crippen molar-refractivity contribution in [2.24, 2.45) is 0 Å². The van der Waals surface area contributed by atoms with Crippen LogP contribution in [-0.2, 0) is 0 Å². The third-order valence-corrected chi connectivity index (χ3v) is 6.35. The third-order valence-electron chi connectivity index (χ3n) is 6.35. The Labute approximate surface area is 183 Å². The number of rotatable bonds is 4. The van der Waals surface area contributed by atoms with Gasteiger partial charge in [-0.2, -0.15) is 0 Å². The van der Waals surface area contributed by atoms with E-state index < -0.39 is 5.60 Å². The first kappa shape index (κ1) is 21.5. The lowest BCUT2D eigenvalue weighted by atomic mass is 9.84. The Morgan fingerprint density at radius 2 is 2.00 bits per heavy atom. The summed E-state index contributed by atoms with van der Waals surface area (Å²) in [4.78, 5) is 21.1. The molecule has 1 saturated heterocycles. The van der Waals surface area contributed by atoms with Crippen LogP contribution in [0.3, 0.4) is 0 Å². The van der Waals surface area contributed by atoms with Crippen molar-refractivity contribution < 1.29 is 13.9 Å². The molecule has 3 heterocycles. The number of hydrogen-bond acceptors (Lipinski definition) is 4. The molecule has 0 bridgehead atoms. The van der Waals surface area contributed by atoms with E-state index in [2.05, 4.69) is 23.0 Å². The van der Waals surface area contributed by atoms with Gasteiger partial charge in [-0.15, -0.1) is 0 Å². The fourth-order valence-corrected chi connectivity index (χ4v) is 4.49. The van der Waals surface area contributed by atoms with Crippen molar-refractivity contribution in [3.8, 4) is 5.75 Å². The first-order valence-corrected chi connectivity index (χ1v) is 11.1. The van der Waals surface area contributed by atoms with Crippen LogP contribution in [0, 0.1) is 5.82 Å². The van der Waals surface area contributed by atoms with E-state index in [-0.39, 0.29) is 11.7 Å². The number of hydrogen-bond donors (Lipinski definition) is 0. The average molecular weight is 424 g/mol. The van der Waals surface area contributed by atoms with E-state index in [1.54, 1.807) is 23.2 Å². The first-order chi connectivity index (χ1) is 14.9. The van der Waals surface area contributed by atoms with E-state index in [0.717, 1.165) is 49.1 Å². The molecule has 1 aromatic carbocycles. The number of benzene rings is 1. The average Bonchev–Trinajstić information content (AvgIpc) is 2.96. The van der Waals surface area contributed by atoms with Gasteiger partial charge in [0, 0.05) is 43.4 Å². The van der Waals surface area contributed by atoms with E-state index in [0.29, 0.717) is 24.5 Å². The Bertz CT molecular complexity index is 985. The monoisotopic (exact) mass is 423 g/mol. The molecule has 5 nitrogen and oxygen atoms in total. The minimum Gasteiger partial charge on any atom is -0.482 e. The normalized spacial score (nSPS) is 21.1. The minimum absolute atomic E-state index is 0.0766. The van der Waals surface area contributed by atoms with Gasteiger partial charge in [0.2, 0.25) is 0 Å². The van der Waals surface area contributed by atoms with Gasteiger partial charge in [-0.05, 0) is 76.2 Å². The summed E-state index contributed by atoms with van der Waals surface area (Å²) in [5.41, 5.74) is 2.52. The molecule has 2 aliphatic heterocycles. The Morgan fingerprint density at radius 1 is 1.19 bits per heavy atom. The molecule has 164 valence electrons. The number of nitrogens with zero attached hydrogens (tertiary/aromatic N) is 3. The number of carbonyl (C=O) groups excluding carboxylic acids is 1. The molecule has 1 atom stereocenters. The van der Waals surface area contributed by atoms with E-state index >= 15 is 0 Å². The smallest absolute Gasteiger partial charge is 0.272 e. The fraction of sp³-hybridized carbons (Fsp3) is 0.440. The number of amides is 1. The van der Waals surface area contributed by atoms with Gasteiger partial charge in [0.05, 0.1) is 0 Å². The zero-order chi connectivity index (χ0) is 22.0. The molecule has 0 N–H and O–H groups in total. The number of pyridine rings is 1. The van der Waals surface area contributed by atoms with Crippen LogP contribution in [0.4, 0.5) is 4.39 Å².